The van der Waals surface area contributed by atoms with E-state index in [2.05, 4.69) is 30.3 Å². The molecular weight excluding hydrogens is 334 g/mol. The average molecular weight is 368 g/mol. The van der Waals surface area contributed by atoms with Crippen molar-refractivity contribution >= 4 is 5.71 Å². The summed E-state index contributed by atoms with van der Waals surface area (Å²) in [5.74, 6) is 5.14. The van der Waals surface area contributed by atoms with E-state index >= 15 is 0 Å². The van der Waals surface area contributed by atoms with Crippen LogP contribution in [0.4, 0.5) is 0 Å². The summed E-state index contributed by atoms with van der Waals surface area (Å²) in [7, 11) is 0. The fourth-order valence-electron chi connectivity index (χ4n) is 8.41. The first-order valence-corrected chi connectivity index (χ1v) is 11.4. The number of oxime groups is 1. The molecule has 0 saturated heterocycles. The lowest BCUT2D eigenvalue weighted by atomic mass is 9.47. The van der Waals surface area contributed by atoms with Crippen molar-refractivity contribution in [1.29, 1.82) is 0 Å². The van der Waals surface area contributed by atoms with Gasteiger partial charge in [-0.2, -0.15) is 0 Å². The van der Waals surface area contributed by atoms with Gasteiger partial charge in [0, 0.05) is 5.41 Å². The maximum atomic E-state index is 9.30. The zero-order chi connectivity index (χ0) is 18.2. The summed E-state index contributed by atoms with van der Waals surface area (Å²) in [5.41, 5.74) is 2.91. The molecule has 1 heterocycles. The Morgan fingerprint density at radius 3 is 2.74 bits per heavy atom. The normalized spacial score (nSPS) is 52.6. The third-order valence-electron chi connectivity index (χ3n) is 9.77. The topological polar surface area (TPSA) is 41.8 Å². The highest BCUT2D eigenvalue weighted by Crippen LogP contribution is 2.69. The van der Waals surface area contributed by atoms with Gasteiger partial charge in [0.05, 0.1) is 17.9 Å². The molecular formula is C24H33NO2. The molecule has 0 aromatic rings. The van der Waals surface area contributed by atoms with Crippen LogP contribution in [0.15, 0.2) is 29.0 Å². The smallest absolute Gasteiger partial charge is 0.0923 e. The number of hydrogen-bond acceptors (Lipinski definition) is 3. The average Bonchev–Trinajstić information content (AvgIpc) is 3.35. The Labute approximate surface area is 162 Å². The van der Waals surface area contributed by atoms with Crippen LogP contribution in [-0.4, -0.2) is 23.1 Å². The molecule has 4 fully saturated rings. The third-order valence-corrected chi connectivity index (χ3v) is 9.77. The van der Waals surface area contributed by atoms with E-state index in [0.717, 1.165) is 54.2 Å². The van der Waals surface area contributed by atoms with Crippen LogP contribution >= 0.6 is 0 Å². The predicted octanol–water partition coefficient (Wildman–Crippen LogP) is 5.35. The molecule has 146 valence electrons. The van der Waals surface area contributed by atoms with Gasteiger partial charge in [0.25, 0.3) is 0 Å². The quantitative estimate of drug-likeness (QED) is 0.385. The molecule has 1 aliphatic heterocycles. The van der Waals surface area contributed by atoms with Gasteiger partial charge >= 0.3 is 0 Å². The van der Waals surface area contributed by atoms with Crippen LogP contribution in [0.2, 0.25) is 0 Å². The molecule has 1 spiro atoms. The summed E-state index contributed by atoms with van der Waals surface area (Å²) < 4.78 is 6.43. The minimum atomic E-state index is 0.0378. The summed E-state index contributed by atoms with van der Waals surface area (Å²) in [4.78, 5) is 0. The van der Waals surface area contributed by atoms with Crippen molar-refractivity contribution in [1.82, 2.24) is 0 Å². The van der Waals surface area contributed by atoms with E-state index in [-0.39, 0.29) is 5.60 Å². The number of nitrogens with zero attached hydrogens (tertiary/aromatic N) is 1. The maximum Gasteiger partial charge on any atom is 0.0923 e. The van der Waals surface area contributed by atoms with Gasteiger partial charge < -0.3 is 9.94 Å². The zero-order valence-corrected chi connectivity index (χ0v) is 16.6. The molecule has 5 aliphatic carbocycles. The van der Waals surface area contributed by atoms with E-state index in [1.807, 2.05) is 0 Å². The van der Waals surface area contributed by atoms with Gasteiger partial charge in [0.1, 0.15) is 0 Å². The summed E-state index contributed by atoms with van der Waals surface area (Å²) in [6.45, 7) is 3.39. The van der Waals surface area contributed by atoms with E-state index in [4.69, 9.17) is 4.74 Å². The lowest BCUT2D eigenvalue weighted by Gasteiger charge is -2.58. The van der Waals surface area contributed by atoms with Crippen LogP contribution in [0, 0.1) is 40.9 Å². The lowest BCUT2D eigenvalue weighted by molar-refractivity contribution is -0.122. The van der Waals surface area contributed by atoms with Crippen LogP contribution in [0.3, 0.4) is 0 Å². The lowest BCUT2D eigenvalue weighted by Crippen LogP contribution is -2.54. The number of allylic oxidation sites excluding steroid dienone is 2. The highest BCUT2D eigenvalue weighted by molar-refractivity contribution is 5.96. The number of ether oxygens (including phenoxy) is 1. The van der Waals surface area contributed by atoms with Crippen molar-refractivity contribution in [3.63, 3.8) is 0 Å². The van der Waals surface area contributed by atoms with Gasteiger partial charge in [-0.3, -0.25) is 0 Å². The molecule has 6 rings (SSSR count). The van der Waals surface area contributed by atoms with E-state index in [9.17, 15) is 5.21 Å². The van der Waals surface area contributed by atoms with Crippen LogP contribution < -0.4 is 0 Å². The summed E-state index contributed by atoms with van der Waals surface area (Å²) in [6.07, 6.45) is 18.6. The number of fused-ring (bicyclic) bond motifs is 6. The van der Waals surface area contributed by atoms with Gasteiger partial charge in [0.2, 0.25) is 0 Å². The standard InChI is InChI=1S/C24H33NO2/c1-23-10-7-19-18-6-5-17(25-26)13-16(18)14-20(15-3-4-15)22(19)21(23)8-11-24(23)9-2-12-27-24/h2,9,13,15,18-22,26H,3-8,10-12,14H2,1H3/b25-17+/t18-,19?,20-,21?,22?,23-,24-/m0/s1. The fraction of sp³-hybridized carbons (Fsp3) is 0.792. The van der Waals surface area contributed by atoms with Gasteiger partial charge in [-0.05, 0) is 99.4 Å². The first-order chi connectivity index (χ1) is 13.2. The Morgan fingerprint density at radius 1 is 1.11 bits per heavy atom. The Balaban J connectivity index is 1.39. The van der Waals surface area contributed by atoms with E-state index in [1.54, 1.807) is 5.57 Å². The highest BCUT2D eigenvalue weighted by atomic mass is 16.5. The van der Waals surface area contributed by atoms with E-state index in [1.165, 1.54) is 51.4 Å². The summed E-state index contributed by atoms with van der Waals surface area (Å²) in [5, 5.41) is 12.9. The number of rotatable bonds is 1. The van der Waals surface area contributed by atoms with Crippen molar-refractivity contribution in [2.45, 2.75) is 70.3 Å². The SMILES string of the molecule is C[C@]12CCC3C(C1CC[C@@]21C=CCO1)[C@H](C1CC1)CC1=C/C(=N/O)CC[C@@H]13. The maximum absolute atomic E-state index is 9.30. The number of hydrogen-bond donors (Lipinski definition) is 1. The van der Waals surface area contributed by atoms with Crippen LogP contribution in [0.5, 0.6) is 0 Å². The van der Waals surface area contributed by atoms with E-state index in [0.29, 0.717) is 5.41 Å². The molecule has 3 nitrogen and oxygen atoms in total. The second-order valence-corrected chi connectivity index (χ2v) is 10.6. The fourth-order valence-corrected chi connectivity index (χ4v) is 8.41. The van der Waals surface area contributed by atoms with Gasteiger partial charge in [-0.25, -0.2) is 0 Å². The van der Waals surface area contributed by atoms with Crippen LogP contribution in [0.25, 0.3) is 0 Å². The third kappa shape index (κ3) is 2.21. The van der Waals surface area contributed by atoms with Crippen LogP contribution in [-0.2, 0) is 4.74 Å². The summed E-state index contributed by atoms with van der Waals surface area (Å²) >= 11 is 0. The van der Waals surface area contributed by atoms with Crippen molar-refractivity contribution in [2.24, 2.45) is 46.1 Å². The molecule has 1 N–H and O–H groups in total. The molecule has 7 atom stereocenters. The monoisotopic (exact) mass is 367 g/mol. The Kier molecular flexibility index (Phi) is 3.56. The molecule has 3 unspecified atom stereocenters. The molecule has 0 aromatic carbocycles. The minimum Gasteiger partial charge on any atom is -0.411 e. The van der Waals surface area contributed by atoms with Crippen molar-refractivity contribution in [3.8, 4) is 0 Å². The Hall–Kier alpha value is -1.09. The summed E-state index contributed by atoms with van der Waals surface area (Å²) in [6, 6.07) is 0. The molecule has 0 radical (unpaired) electrons. The zero-order valence-electron chi connectivity index (χ0n) is 16.6. The molecule has 0 aromatic heterocycles. The van der Waals surface area contributed by atoms with Crippen molar-refractivity contribution in [3.05, 3.63) is 23.8 Å². The first kappa shape index (κ1) is 16.8. The second kappa shape index (κ2) is 5.72. The first-order valence-electron chi connectivity index (χ1n) is 11.4. The molecule has 3 heteroatoms. The Bertz CT molecular complexity index is 735. The van der Waals surface area contributed by atoms with Gasteiger partial charge in [-0.1, -0.05) is 29.8 Å². The van der Waals surface area contributed by atoms with E-state index < -0.39 is 0 Å². The molecule has 0 bridgehead atoms. The molecule has 27 heavy (non-hydrogen) atoms. The molecule has 4 saturated carbocycles. The minimum absolute atomic E-state index is 0.0378. The largest absolute Gasteiger partial charge is 0.411 e. The van der Waals surface area contributed by atoms with Crippen LogP contribution in [0.1, 0.15) is 64.7 Å². The van der Waals surface area contributed by atoms with Gasteiger partial charge in [0.15, 0.2) is 0 Å². The molecule has 6 aliphatic rings. The van der Waals surface area contributed by atoms with Gasteiger partial charge in [-0.15, -0.1) is 0 Å². The highest BCUT2D eigenvalue weighted by Gasteiger charge is 2.65. The molecule has 0 amide bonds. The Morgan fingerprint density at radius 2 is 2.00 bits per heavy atom. The predicted molar refractivity (Wildman–Crippen MR) is 106 cm³/mol. The second-order valence-electron chi connectivity index (χ2n) is 10.6. The van der Waals surface area contributed by atoms with Crippen molar-refractivity contribution < 1.29 is 9.94 Å². The van der Waals surface area contributed by atoms with Crippen molar-refractivity contribution in [2.75, 3.05) is 6.61 Å².